The molecule has 0 aliphatic rings. The van der Waals surface area contributed by atoms with Crippen molar-refractivity contribution < 1.29 is 0 Å². The van der Waals surface area contributed by atoms with E-state index in [1.54, 1.807) is 0 Å². The van der Waals surface area contributed by atoms with Gasteiger partial charge in [0.15, 0.2) is 0 Å². The van der Waals surface area contributed by atoms with E-state index in [0.717, 1.165) is 17.1 Å². The molecule has 0 radical (unpaired) electrons. The van der Waals surface area contributed by atoms with Crippen molar-refractivity contribution in [1.29, 1.82) is 0 Å². The highest BCUT2D eigenvalue weighted by atomic mass is 15.1. The molecule has 0 aromatic heterocycles. The van der Waals surface area contributed by atoms with Gasteiger partial charge in [-0.05, 0) is 125 Å². The first-order valence-corrected chi connectivity index (χ1v) is 21.0. The molecule has 1 heteroatoms. The molecule has 61 heavy (non-hydrogen) atoms. The quantitative estimate of drug-likeness (QED) is 0.139. The van der Waals surface area contributed by atoms with Gasteiger partial charge in [-0.3, -0.25) is 0 Å². The normalized spacial score (nSPS) is 11.3. The van der Waals surface area contributed by atoms with E-state index in [9.17, 15) is 0 Å². The smallest absolute Gasteiger partial charge is 0.0546 e. The number of fused-ring (bicyclic) bond motifs is 4. The van der Waals surface area contributed by atoms with E-state index in [4.69, 9.17) is 0 Å². The first-order chi connectivity index (χ1) is 30.2. The molecule has 0 saturated carbocycles. The molecule has 0 heterocycles. The van der Waals surface area contributed by atoms with E-state index in [1.165, 1.54) is 88.0 Å². The highest BCUT2D eigenvalue weighted by molar-refractivity contribution is 6.16. The molecule has 286 valence electrons. The van der Waals surface area contributed by atoms with Crippen molar-refractivity contribution in [2.45, 2.75) is 0 Å². The molecular formula is C60H41N. The molecule has 0 bridgehead atoms. The van der Waals surface area contributed by atoms with Gasteiger partial charge in [0, 0.05) is 16.9 Å². The van der Waals surface area contributed by atoms with E-state index < -0.39 is 0 Å². The average molecular weight is 776 g/mol. The molecule has 1 nitrogen and oxygen atoms in total. The van der Waals surface area contributed by atoms with Gasteiger partial charge in [-0.15, -0.1) is 0 Å². The fraction of sp³-hybridized carbons (Fsp3) is 0. The van der Waals surface area contributed by atoms with Crippen LogP contribution in [0.3, 0.4) is 0 Å². The number of hydrogen-bond acceptors (Lipinski definition) is 1. The lowest BCUT2D eigenvalue weighted by atomic mass is 9.87. The molecule has 0 unspecified atom stereocenters. The summed E-state index contributed by atoms with van der Waals surface area (Å²) in [6, 6.07) is 90.6. The van der Waals surface area contributed by atoms with Crippen LogP contribution in [0.2, 0.25) is 0 Å². The molecule has 0 N–H and O–H groups in total. The lowest BCUT2D eigenvalue weighted by Crippen LogP contribution is -2.12. The predicted molar refractivity (Wildman–Crippen MR) is 261 cm³/mol. The van der Waals surface area contributed by atoms with E-state index in [1.807, 2.05) is 0 Å². The summed E-state index contributed by atoms with van der Waals surface area (Å²) >= 11 is 0. The van der Waals surface area contributed by atoms with Gasteiger partial charge in [0.2, 0.25) is 0 Å². The van der Waals surface area contributed by atoms with Crippen LogP contribution in [0.25, 0.3) is 88.0 Å². The van der Waals surface area contributed by atoms with E-state index in [2.05, 4.69) is 254 Å². The predicted octanol–water partition coefficient (Wildman–Crippen LogP) is 17.0. The molecule has 0 aliphatic heterocycles. The van der Waals surface area contributed by atoms with Gasteiger partial charge in [0.05, 0.1) is 5.69 Å². The zero-order valence-corrected chi connectivity index (χ0v) is 33.6. The molecule has 0 spiro atoms. The molecule has 0 saturated heterocycles. The summed E-state index contributed by atoms with van der Waals surface area (Å²) in [7, 11) is 0. The molecule has 11 aromatic carbocycles. The maximum absolute atomic E-state index is 2.44. The van der Waals surface area contributed by atoms with Crippen molar-refractivity contribution in [3.8, 4) is 55.6 Å². The summed E-state index contributed by atoms with van der Waals surface area (Å²) < 4.78 is 0. The van der Waals surface area contributed by atoms with Crippen molar-refractivity contribution in [3.05, 3.63) is 249 Å². The number of benzene rings is 11. The Labute approximate surface area is 357 Å². The van der Waals surface area contributed by atoms with E-state index >= 15 is 0 Å². The first-order valence-electron chi connectivity index (χ1n) is 21.0. The van der Waals surface area contributed by atoms with Gasteiger partial charge in [-0.25, -0.2) is 0 Å². The Morgan fingerprint density at radius 2 is 0.689 bits per heavy atom. The summed E-state index contributed by atoms with van der Waals surface area (Å²) in [6.07, 6.45) is 0. The lowest BCUT2D eigenvalue weighted by molar-refractivity contribution is 1.28. The SMILES string of the molecule is c1ccc(-c2ccc(-c3cccc(N(c4ccc(-c5ccccc5)cc4)c4ccc(-c5ccc6ccccc6c5)cc4)c3-c3cc4ccccc4c4ccccc34)cc2)cc1. The van der Waals surface area contributed by atoms with Crippen LogP contribution in [0.15, 0.2) is 249 Å². The highest BCUT2D eigenvalue weighted by Crippen LogP contribution is 2.49. The third-order valence-electron chi connectivity index (χ3n) is 12.1. The molecule has 0 fully saturated rings. The Morgan fingerprint density at radius 1 is 0.230 bits per heavy atom. The fourth-order valence-corrected chi connectivity index (χ4v) is 9.02. The maximum atomic E-state index is 2.44. The maximum Gasteiger partial charge on any atom is 0.0546 e. The number of hydrogen-bond donors (Lipinski definition) is 0. The van der Waals surface area contributed by atoms with Crippen molar-refractivity contribution in [2.75, 3.05) is 4.90 Å². The van der Waals surface area contributed by atoms with Crippen LogP contribution in [-0.2, 0) is 0 Å². The largest absolute Gasteiger partial charge is 0.310 e. The Balaban J connectivity index is 1.14. The second-order valence-electron chi connectivity index (χ2n) is 15.7. The second kappa shape index (κ2) is 15.6. The van der Waals surface area contributed by atoms with Crippen LogP contribution < -0.4 is 4.90 Å². The molecule has 11 aromatic rings. The minimum absolute atomic E-state index is 1.08. The van der Waals surface area contributed by atoms with Gasteiger partial charge in [-0.1, -0.05) is 206 Å². The van der Waals surface area contributed by atoms with Gasteiger partial charge in [0.1, 0.15) is 0 Å². The summed E-state index contributed by atoms with van der Waals surface area (Å²) in [4.78, 5) is 2.44. The van der Waals surface area contributed by atoms with E-state index in [-0.39, 0.29) is 0 Å². The van der Waals surface area contributed by atoms with Crippen molar-refractivity contribution in [3.63, 3.8) is 0 Å². The van der Waals surface area contributed by atoms with Gasteiger partial charge < -0.3 is 4.90 Å². The Kier molecular flexibility index (Phi) is 9.26. The lowest BCUT2D eigenvalue weighted by Gasteiger charge is -2.30. The first kappa shape index (κ1) is 36.1. The van der Waals surface area contributed by atoms with Crippen molar-refractivity contribution >= 4 is 49.4 Å². The average Bonchev–Trinajstić information content (AvgIpc) is 3.35. The fourth-order valence-electron chi connectivity index (χ4n) is 9.02. The molecule has 11 rings (SSSR count). The number of nitrogens with zero attached hydrogens (tertiary/aromatic N) is 1. The van der Waals surface area contributed by atoms with Gasteiger partial charge >= 0.3 is 0 Å². The summed E-state index contributed by atoms with van der Waals surface area (Å²) in [5.74, 6) is 0. The number of anilines is 3. The molecule has 0 aliphatic carbocycles. The summed E-state index contributed by atoms with van der Waals surface area (Å²) in [6.45, 7) is 0. The highest BCUT2D eigenvalue weighted by Gasteiger charge is 2.23. The zero-order valence-electron chi connectivity index (χ0n) is 33.6. The van der Waals surface area contributed by atoms with Crippen LogP contribution in [0.5, 0.6) is 0 Å². The van der Waals surface area contributed by atoms with Crippen LogP contribution in [-0.4, -0.2) is 0 Å². The monoisotopic (exact) mass is 775 g/mol. The van der Waals surface area contributed by atoms with Crippen LogP contribution in [0, 0.1) is 0 Å². The summed E-state index contributed by atoms with van der Waals surface area (Å²) in [5, 5.41) is 7.43. The minimum atomic E-state index is 1.08. The van der Waals surface area contributed by atoms with Crippen LogP contribution in [0.4, 0.5) is 17.1 Å². The van der Waals surface area contributed by atoms with Crippen molar-refractivity contribution in [2.24, 2.45) is 0 Å². The summed E-state index contributed by atoms with van der Waals surface area (Å²) in [5.41, 5.74) is 15.2. The Hall–Kier alpha value is -8.00. The molecular weight excluding hydrogens is 735 g/mol. The van der Waals surface area contributed by atoms with Crippen LogP contribution in [0.1, 0.15) is 0 Å². The zero-order chi connectivity index (χ0) is 40.5. The van der Waals surface area contributed by atoms with Gasteiger partial charge in [-0.2, -0.15) is 0 Å². The topological polar surface area (TPSA) is 3.24 Å². The molecule has 0 amide bonds. The number of rotatable bonds is 8. The third-order valence-corrected chi connectivity index (χ3v) is 12.1. The van der Waals surface area contributed by atoms with Gasteiger partial charge in [0.25, 0.3) is 0 Å². The van der Waals surface area contributed by atoms with Crippen molar-refractivity contribution in [1.82, 2.24) is 0 Å². The molecule has 0 atom stereocenters. The Bertz CT molecular complexity index is 3310. The van der Waals surface area contributed by atoms with Crippen LogP contribution >= 0.6 is 0 Å². The third kappa shape index (κ3) is 6.83. The second-order valence-corrected chi connectivity index (χ2v) is 15.7. The minimum Gasteiger partial charge on any atom is -0.310 e. The standard InChI is InChI=1S/C60H41N/c1-3-14-42(15-4-1)45-26-29-48(30-27-45)55-24-13-25-59(60(55)58-41-51-20-9-10-21-54(51)56-22-11-12-23-57(56)58)61(52-36-32-46(33-37-52)43-16-5-2-6-17-43)53-38-34-47(35-39-53)50-31-28-44-18-7-8-19-49(44)40-50/h1-41H. The Morgan fingerprint density at radius 3 is 1.33 bits per heavy atom. The van der Waals surface area contributed by atoms with E-state index in [0.29, 0.717) is 0 Å².